The normalized spacial score (nSPS) is 16.9. The van der Waals surface area contributed by atoms with Crippen molar-refractivity contribution in [3.63, 3.8) is 0 Å². The number of carbonyl (C=O) groups excluding carboxylic acids is 1. The van der Waals surface area contributed by atoms with Gasteiger partial charge in [0.05, 0.1) is 6.04 Å². The Hall–Kier alpha value is -2.45. The lowest BCUT2D eigenvalue weighted by molar-refractivity contribution is -0.125. The van der Waals surface area contributed by atoms with Crippen LogP contribution in [0, 0.1) is 5.82 Å². The van der Waals surface area contributed by atoms with Crippen LogP contribution >= 0.6 is 23.4 Å². The third-order valence-corrected chi connectivity index (χ3v) is 6.20. The molecule has 0 bridgehead atoms. The minimum absolute atomic E-state index is 0.209. The van der Waals surface area contributed by atoms with E-state index in [9.17, 15) is 9.18 Å². The predicted molar refractivity (Wildman–Crippen MR) is 110 cm³/mol. The van der Waals surface area contributed by atoms with E-state index in [4.69, 9.17) is 11.6 Å². The smallest absolute Gasteiger partial charge is 0.247 e. The van der Waals surface area contributed by atoms with Gasteiger partial charge < -0.3 is 5.32 Å². The molecule has 0 saturated carbocycles. The van der Waals surface area contributed by atoms with Crippen LogP contribution in [0.3, 0.4) is 0 Å². The van der Waals surface area contributed by atoms with Crippen molar-refractivity contribution in [2.24, 2.45) is 0 Å². The average molecular weight is 432 g/mol. The molecule has 1 N–H and O–H groups in total. The van der Waals surface area contributed by atoms with Gasteiger partial charge in [-0.05, 0) is 66.1 Å². The Morgan fingerprint density at radius 1 is 1.34 bits per heavy atom. The highest BCUT2D eigenvalue weighted by molar-refractivity contribution is 7.99. The standard InChI is InChI=1S/C20H19ClFN5OS/c1-2-17(27-25-19(24-26-27)12-3-5-13(21)6-4-12)20(28)23-16-9-10-29-18-8-7-14(22)11-15(16)18/h3-8,11,16-17H,2,9-10H2,1H3,(H,23,28). The van der Waals surface area contributed by atoms with Crippen molar-refractivity contribution < 1.29 is 9.18 Å². The third-order valence-electron chi connectivity index (χ3n) is 4.83. The van der Waals surface area contributed by atoms with Gasteiger partial charge in [-0.15, -0.1) is 22.0 Å². The number of aromatic nitrogens is 4. The lowest BCUT2D eigenvalue weighted by Crippen LogP contribution is -2.37. The molecule has 2 unspecified atom stereocenters. The number of halogens is 2. The molecule has 1 aromatic heterocycles. The van der Waals surface area contributed by atoms with E-state index < -0.39 is 6.04 Å². The van der Waals surface area contributed by atoms with Crippen molar-refractivity contribution in [2.75, 3.05) is 5.75 Å². The van der Waals surface area contributed by atoms with Gasteiger partial charge in [-0.2, -0.15) is 4.80 Å². The molecular weight excluding hydrogens is 413 g/mol. The fourth-order valence-corrected chi connectivity index (χ4v) is 4.54. The number of hydrogen-bond donors (Lipinski definition) is 1. The molecule has 0 spiro atoms. The first-order valence-electron chi connectivity index (χ1n) is 9.33. The Balaban J connectivity index is 1.53. The van der Waals surface area contributed by atoms with Gasteiger partial charge in [-0.3, -0.25) is 4.79 Å². The minimum atomic E-state index is -0.602. The molecule has 1 aliphatic rings. The highest BCUT2D eigenvalue weighted by Gasteiger charge is 2.28. The van der Waals surface area contributed by atoms with Crippen LogP contribution in [0.5, 0.6) is 0 Å². The Kier molecular flexibility index (Phi) is 5.82. The number of tetrazole rings is 1. The van der Waals surface area contributed by atoms with Crippen molar-refractivity contribution in [3.8, 4) is 11.4 Å². The van der Waals surface area contributed by atoms with Gasteiger partial charge in [-0.25, -0.2) is 4.39 Å². The monoisotopic (exact) mass is 431 g/mol. The van der Waals surface area contributed by atoms with Gasteiger partial charge >= 0.3 is 0 Å². The van der Waals surface area contributed by atoms with Gasteiger partial charge in [-0.1, -0.05) is 18.5 Å². The Labute approximate surface area is 176 Å². The number of nitrogens with one attached hydrogen (secondary N) is 1. The fraction of sp³-hybridized carbons (Fsp3) is 0.300. The van der Waals surface area contributed by atoms with Crippen molar-refractivity contribution in [3.05, 3.63) is 58.9 Å². The van der Waals surface area contributed by atoms with Gasteiger partial charge in [0.1, 0.15) is 5.82 Å². The molecule has 4 rings (SSSR count). The van der Waals surface area contributed by atoms with Crippen molar-refractivity contribution in [2.45, 2.75) is 36.7 Å². The largest absolute Gasteiger partial charge is 0.347 e. The number of nitrogens with zero attached hydrogens (tertiary/aromatic N) is 4. The summed E-state index contributed by atoms with van der Waals surface area (Å²) in [4.78, 5) is 15.3. The molecule has 2 atom stereocenters. The fourth-order valence-electron chi connectivity index (χ4n) is 3.31. The maximum atomic E-state index is 13.7. The number of carbonyl (C=O) groups is 1. The first-order chi connectivity index (χ1) is 14.0. The lowest BCUT2D eigenvalue weighted by Gasteiger charge is -2.27. The Morgan fingerprint density at radius 3 is 2.90 bits per heavy atom. The maximum Gasteiger partial charge on any atom is 0.247 e. The topological polar surface area (TPSA) is 72.7 Å². The Bertz CT molecular complexity index is 1030. The van der Waals surface area contributed by atoms with Crippen LogP contribution in [-0.2, 0) is 4.79 Å². The third kappa shape index (κ3) is 4.28. The van der Waals surface area contributed by atoms with E-state index in [0.29, 0.717) is 17.3 Å². The van der Waals surface area contributed by atoms with Crippen LogP contribution in [0.2, 0.25) is 5.02 Å². The van der Waals surface area contributed by atoms with Crippen LogP contribution in [0.15, 0.2) is 47.4 Å². The molecular formula is C20H19ClFN5OS. The van der Waals surface area contributed by atoms with Crippen molar-refractivity contribution >= 4 is 29.3 Å². The van der Waals surface area contributed by atoms with E-state index in [1.807, 2.05) is 6.92 Å². The molecule has 2 aromatic carbocycles. The number of thioether (sulfide) groups is 1. The minimum Gasteiger partial charge on any atom is -0.347 e. The second-order valence-electron chi connectivity index (χ2n) is 6.74. The molecule has 3 aromatic rings. The maximum absolute atomic E-state index is 13.7. The summed E-state index contributed by atoms with van der Waals surface area (Å²) in [5, 5.41) is 16.2. The number of hydrogen-bond acceptors (Lipinski definition) is 5. The number of fused-ring (bicyclic) bond motifs is 1. The van der Waals surface area contributed by atoms with E-state index in [2.05, 4.69) is 20.7 Å². The summed E-state index contributed by atoms with van der Waals surface area (Å²) in [6, 6.07) is 11.0. The highest BCUT2D eigenvalue weighted by atomic mass is 35.5. The van der Waals surface area contributed by atoms with E-state index in [0.717, 1.165) is 28.2 Å². The number of benzene rings is 2. The van der Waals surface area contributed by atoms with Crippen LogP contribution < -0.4 is 5.32 Å². The van der Waals surface area contributed by atoms with Gasteiger partial charge in [0.25, 0.3) is 0 Å². The van der Waals surface area contributed by atoms with E-state index in [-0.39, 0.29) is 17.8 Å². The lowest BCUT2D eigenvalue weighted by atomic mass is 10.0. The second-order valence-corrected chi connectivity index (χ2v) is 8.32. The Morgan fingerprint density at radius 2 is 2.14 bits per heavy atom. The second kappa shape index (κ2) is 8.51. The van der Waals surface area contributed by atoms with Gasteiger partial charge in [0.2, 0.25) is 11.7 Å². The quantitative estimate of drug-likeness (QED) is 0.646. The molecule has 6 nitrogen and oxygen atoms in total. The summed E-state index contributed by atoms with van der Waals surface area (Å²) in [7, 11) is 0. The first-order valence-corrected chi connectivity index (χ1v) is 10.7. The molecule has 0 fully saturated rings. The summed E-state index contributed by atoms with van der Waals surface area (Å²) < 4.78 is 13.7. The van der Waals surface area contributed by atoms with E-state index >= 15 is 0 Å². The molecule has 150 valence electrons. The molecule has 29 heavy (non-hydrogen) atoms. The summed E-state index contributed by atoms with van der Waals surface area (Å²) in [6.45, 7) is 1.89. The van der Waals surface area contributed by atoms with E-state index in [1.165, 1.54) is 16.9 Å². The van der Waals surface area contributed by atoms with Crippen molar-refractivity contribution in [1.82, 2.24) is 25.5 Å². The van der Waals surface area contributed by atoms with Gasteiger partial charge in [0.15, 0.2) is 6.04 Å². The molecule has 9 heteroatoms. The van der Waals surface area contributed by atoms with Crippen LogP contribution in [0.4, 0.5) is 4.39 Å². The average Bonchev–Trinajstić information content (AvgIpc) is 3.19. The van der Waals surface area contributed by atoms with E-state index in [1.54, 1.807) is 42.1 Å². The SMILES string of the molecule is CCC(C(=O)NC1CCSc2ccc(F)cc21)n1nnc(-c2ccc(Cl)cc2)n1. The zero-order valence-electron chi connectivity index (χ0n) is 15.7. The highest BCUT2D eigenvalue weighted by Crippen LogP contribution is 2.36. The summed E-state index contributed by atoms with van der Waals surface area (Å²) in [6.07, 6.45) is 1.24. The first kappa shape index (κ1) is 19.8. The number of rotatable bonds is 5. The van der Waals surface area contributed by atoms with Crippen LogP contribution in [0.1, 0.15) is 37.4 Å². The number of amides is 1. The summed E-state index contributed by atoms with van der Waals surface area (Å²) in [5.74, 6) is 0.778. The molecule has 2 heterocycles. The molecule has 1 aliphatic heterocycles. The molecule has 0 radical (unpaired) electrons. The van der Waals surface area contributed by atoms with Crippen molar-refractivity contribution in [1.29, 1.82) is 0 Å². The van der Waals surface area contributed by atoms with Crippen LogP contribution in [-0.4, -0.2) is 31.9 Å². The summed E-state index contributed by atoms with van der Waals surface area (Å²) >= 11 is 7.59. The van der Waals surface area contributed by atoms with Gasteiger partial charge in [0, 0.05) is 21.2 Å². The zero-order chi connectivity index (χ0) is 20.4. The summed E-state index contributed by atoms with van der Waals surface area (Å²) in [5.41, 5.74) is 1.59. The molecule has 0 saturated heterocycles. The molecule has 1 amide bonds. The molecule has 0 aliphatic carbocycles. The predicted octanol–water partition coefficient (Wildman–Crippen LogP) is 4.44. The zero-order valence-corrected chi connectivity index (χ0v) is 17.3. The van der Waals surface area contributed by atoms with Crippen LogP contribution in [0.25, 0.3) is 11.4 Å².